The van der Waals surface area contributed by atoms with Gasteiger partial charge >= 0.3 is 0 Å². The van der Waals surface area contributed by atoms with E-state index in [-0.39, 0.29) is 16.8 Å². The first-order chi connectivity index (χ1) is 15.0. The molecular weight excluding hydrogens is 414 g/mol. The Morgan fingerprint density at radius 2 is 1.58 bits per heavy atom. The maximum atomic E-state index is 12.9. The van der Waals surface area contributed by atoms with Crippen molar-refractivity contribution < 1.29 is 9.59 Å². The molecule has 0 aliphatic heterocycles. The van der Waals surface area contributed by atoms with Gasteiger partial charge in [0.05, 0.1) is 16.4 Å². The van der Waals surface area contributed by atoms with Crippen LogP contribution in [0.15, 0.2) is 78.9 Å². The molecule has 3 aromatic carbocycles. The third kappa shape index (κ3) is 4.62. The lowest BCUT2D eigenvalue weighted by atomic mass is 10.2. The van der Waals surface area contributed by atoms with Gasteiger partial charge in [-0.15, -0.1) is 5.10 Å². The summed E-state index contributed by atoms with van der Waals surface area (Å²) in [6, 6.07) is 23.8. The fourth-order valence-electron chi connectivity index (χ4n) is 3.01. The normalized spacial score (nSPS) is 10.5. The zero-order valence-corrected chi connectivity index (χ0v) is 17.3. The number of anilines is 2. The Balaban J connectivity index is 1.66. The van der Waals surface area contributed by atoms with E-state index in [2.05, 4.69) is 20.7 Å². The molecule has 0 atom stereocenters. The first-order valence-corrected chi connectivity index (χ1v) is 9.85. The van der Waals surface area contributed by atoms with E-state index in [9.17, 15) is 9.59 Å². The van der Waals surface area contributed by atoms with E-state index >= 15 is 0 Å². The first-order valence-electron chi connectivity index (χ1n) is 9.47. The van der Waals surface area contributed by atoms with E-state index in [0.717, 1.165) is 11.3 Å². The second-order valence-corrected chi connectivity index (χ2v) is 7.11. The van der Waals surface area contributed by atoms with Crippen LogP contribution in [0.25, 0.3) is 17.1 Å². The van der Waals surface area contributed by atoms with Gasteiger partial charge in [-0.05, 0) is 30.3 Å². The highest BCUT2D eigenvalue weighted by Crippen LogP contribution is 2.26. The van der Waals surface area contributed by atoms with Crippen LogP contribution in [0.1, 0.15) is 17.5 Å². The number of para-hydroxylation sites is 1. The molecule has 8 heteroatoms. The molecule has 0 fully saturated rings. The zero-order chi connectivity index (χ0) is 21.8. The minimum Gasteiger partial charge on any atom is -0.326 e. The Kier molecular flexibility index (Phi) is 5.77. The quantitative estimate of drug-likeness (QED) is 0.475. The highest BCUT2D eigenvalue weighted by atomic mass is 35.5. The maximum Gasteiger partial charge on any atom is 0.295 e. The number of hydrogen-bond acceptors (Lipinski definition) is 4. The van der Waals surface area contributed by atoms with Crippen LogP contribution in [0, 0.1) is 0 Å². The van der Waals surface area contributed by atoms with E-state index < -0.39 is 5.91 Å². The standard InChI is InChI=1S/C23H18ClN5O2/c1-15(30)25-17-12-13-20(19(24)14-17)26-23(31)21-27-22(16-8-4-2-5-9-16)29(28-21)18-10-6-3-7-11-18/h2-14H,1H3,(H,25,30)(H,26,31). The molecule has 0 saturated carbocycles. The summed E-state index contributed by atoms with van der Waals surface area (Å²) in [6.07, 6.45) is 0. The third-order valence-electron chi connectivity index (χ3n) is 4.38. The Morgan fingerprint density at radius 1 is 0.903 bits per heavy atom. The molecule has 0 aliphatic carbocycles. The molecule has 0 bridgehead atoms. The van der Waals surface area contributed by atoms with Gasteiger partial charge in [0, 0.05) is 18.2 Å². The molecule has 2 N–H and O–H groups in total. The van der Waals surface area contributed by atoms with Crippen molar-refractivity contribution in [3.05, 3.63) is 89.7 Å². The van der Waals surface area contributed by atoms with Crippen LogP contribution in [0.5, 0.6) is 0 Å². The molecule has 1 aromatic heterocycles. The molecule has 154 valence electrons. The summed E-state index contributed by atoms with van der Waals surface area (Å²) in [5, 5.41) is 10.1. The van der Waals surface area contributed by atoms with Crippen LogP contribution in [-0.2, 0) is 4.79 Å². The van der Waals surface area contributed by atoms with Gasteiger partial charge in [-0.2, -0.15) is 0 Å². The summed E-state index contributed by atoms with van der Waals surface area (Å²) in [6.45, 7) is 1.41. The van der Waals surface area contributed by atoms with Crippen molar-refractivity contribution in [2.24, 2.45) is 0 Å². The van der Waals surface area contributed by atoms with Crippen LogP contribution in [-0.4, -0.2) is 26.6 Å². The lowest BCUT2D eigenvalue weighted by molar-refractivity contribution is -0.114. The van der Waals surface area contributed by atoms with Crippen LogP contribution >= 0.6 is 11.6 Å². The minimum absolute atomic E-state index is 0.00436. The number of nitrogens with one attached hydrogen (secondary N) is 2. The molecule has 4 rings (SSSR count). The summed E-state index contributed by atoms with van der Waals surface area (Å²) in [5.41, 5.74) is 2.53. The monoisotopic (exact) mass is 431 g/mol. The third-order valence-corrected chi connectivity index (χ3v) is 4.69. The van der Waals surface area contributed by atoms with Gasteiger partial charge in [0.1, 0.15) is 0 Å². The van der Waals surface area contributed by atoms with E-state index in [4.69, 9.17) is 11.6 Å². The topological polar surface area (TPSA) is 88.9 Å². The molecule has 0 aliphatic rings. The Morgan fingerprint density at radius 3 is 2.23 bits per heavy atom. The van der Waals surface area contributed by atoms with Gasteiger partial charge in [0.2, 0.25) is 11.7 Å². The Bertz CT molecular complexity index is 1180. The Labute approximate surface area is 183 Å². The highest BCUT2D eigenvalue weighted by Gasteiger charge is 2.19. The summed E-state index contributed by atoms with van der Waals surface area (Å²) < 4.78 is 1.63. The lowest BCUT2D eigenvalue weighted by Crippen LogP contribution is -2.15. The molecule has 0 saturated heterocycles. The van der Waals surface area contributed by atoms with Crippen molar-refractivity contribution in [1.82, 2.24) is 14.8 Å². The molecule has 31 heavy (non-hydrogen) atoms. The summed E-state index contributed by atoms with van der Waals surface area (Å²) in [5.74, 6) is -0.160. The maximum absolute atomic E-state index is 12.9. The van der Waals surface area contributed by atoms with Crippen LogP contribution in [0.4, 0.5) is 11.4 Å². The van der Waals surface area contributed by atoms with Gasteiger partial charge in [-0.25, -0.2) is 9.67 Å². The van der Waals surface area contributed by atoms with Gasteiger partial charge in [0.15, 0.2) is 5.82 Å². The van der Waals surface area contributed by atoms with Crippen LogP contribution in [0.2, 0.25) is 5.02 Å². The second kappa shape index (κ2) is 8.81. The fourth-order valence-corrected chi connectivity index (χ4v) is 3.24. The molecule has 4 aromatic rings. The average Bonchev–Trinajstić information content (AvgIpc) is 3.22. The van der Waals surface area contributed by atoms with Crippen molar-refractivity contribution in [3.63, 3.8) is 0 Å². The molecule has 7 nitrogen and oxygen atoms in total. The van der Waals surface area contributed by atoms with Crippen molar-refractivity contribution in [2.75, 3.05) is 10.6 Å². The predicted octanol–water partition coefficient (Wildman–Crippen LogP) is 4.80. The van der Waals surface area contributed by atoms with Crippen LogP contribution < -0.4 is 10.6 Å². The van der Waals surface area contributed by atoms with Crippen molar-refractivity contribution >= 4 is 34.8 Å². The highest BCUT2D eigenvalue weighted by molar-refractivity contribution is 6.34. The molecule has 2 amide bonds. The summed E-state index contributed by atoms with van der Waals surface area (Å²) >= 11 is 6.26. The lowest BCUT2D eigenvalue weighted by Gasteiger charge is -2.08. The van der Waals surface area contributed by atoms with E-state index in [1.807, 2.05) is 60.7 Å². The van der Waals surface area contributed by atoms with Gasteiger partial charge in [-0.1, -0.05) is 60.1 Å². The number of benzene rings is 3. The number of carbonyl (C=O) groups is 2. The number of rotatable bonds is 5. The SMILES string of the molecule is CC(=O)Nc1ccc(NC(=O)c2nc(-c3ccccc3)n(-c3ccccc3)n2)c(Cl)c1. The predicted molar refractivity (Wildman–Crippen MR) is 121 cm³/mol. The number of halogens is 1. The zero-order valence-electron chi connectivity index (χ0n) is 16.5. The molecule has 0 unspecified atom stereocenters. The second-order valence-electron chi connectivity index (χ2n) is 6.70. The number of carbonyl (C=O) groups excluding carboxylic acids is 2. The number of nitrogens with zero attached hydrogens (tertiary/aromatic N) is 3. The average molecular weight is 432 g/mol. The van der Waals surface area contributed by atoms with E-state index in [0.29, 0.717) is 17.2 Å². The van der Waals surface area contributed by atoms with Gasteiger partial charge < -0.3 is 10.6 Å². The van der Waals surface area contributed by atoms with Crippen molar-refractivity contribution in [1.29, 1.82) is 0 Å². The van der Waals surface area contributed by atoms with Crippen molar-refractivity contribution in [2.45, 2.75) is 6.92 Å². The molecule has 0 radical (unpaired) electrons. The van der Waals surface area contributed by atoms with E-state index in [1.54, 1.807) is 22.9 Å². The number of hydrogen-bond donors (Lipinski definition) is 2. The largest absolute Gasteiger partial charge is 0.326 e. The first kappa shape index (κ1) is 20.3. The fraction of sp³-hybridized carbons (Fsp3) is 0.0435. The van der Waals surface area contributed by atoms with Crippen LogP contribution in [0.3, 0.4) is 0 Å². The van der Waals surface area contributed by atoms with E-state index in [1.165, 1.54) is 6.92 Å². The number of amides is 2. The van der Waals surface area contributed by atoms with Gasteiger partial charge in [0.25, 0.3) is 5.91 Å². The number of aromatic nitrogens is 3. The van der Waals surface area contributed by atoms with Crippen molar-refractivity contribution in [3.8, 4) is 17.1 Å². The molecule has 1 heterocycles. The smallest absolute Gasteiger partial charge is 0.295 e. The Hall–Kier alpha value is -3.97. The summed E-state index contributed by atoms with van der Waals surface area (Å²) in [4.78, 5) is 28.6. The van der Waals surface area contributed by atoms with Gasteiger partial charge in [-0.3, -0.25) is 9.59 Å². The minimum atomic E-state index is -0.499. The molecule has 0 spiro atoms. The molecular formula is C23H18ClN5O2. The summed E-state index contributed by atoms with van der Waals surface area (Å²) in [7, 11) is 0.